The third kappa shape index (κ3) is 3.76. The fourth-order valence-electron chi connectivity index (χ4n) is 0.382. The first-order valence-corrected chi connectivity index (χ1v) is 4.32. The van der Waals surface area contributed by atoms with Gasteiger partial charge in [0.1, 0.15) is 0 Å². The molecule has 8 heavy (non-hydrogen) atoms. The number of hydrogen-bond donors (Lipinski definition) is 0. The molecule has 0 aromatic carbocycles. The number of ether oxygens (including phenoxy) is 1. The van der Waals surface area contributed by atoms with E-state index in [1.54, 1.807) is 7.11 Å². The number of methoxy groups -OCH3 is 1. The second-order valence-electron chi connectivity index (χ2n) is 2.31. The summed E-state index contributed by atoms with van der Waals surface area (Å²) in [5.41, 5.74) is -0.0561. The molecule has 0 aliphatic heterocycles. The van der Waals surface area contributed by atoms with Crippen LogP contribution >= 0.6 is 0 Å². The van der Waals surface area contributed by atoms with Gasteiger partial charge in [0.15, 0.2) is 0 Å². The van der Waals surface area contributed by atoms with E-state index >= 15 is 0 Å². The molecule has 0 bridgehead atoms. The third-order valence-electron chi connectivity index (χ3n) is 0.811. The van der Waals surface area contributed by atoms with Gasteiger partial charge in [0, 0.05) is 0 Å². The van der Waals surface area contributed by atoms with Crippen molar-refractivity contribution in [2.24, 2.45) is 0 Å². The molecule has 3 heteroatoms. The van der Waals surface area contributed by atoms with Crippen molar-refractivity contribution in [2.45, 2.75) is 19.4 Å². The van der Waals surface area contributed by atoms with Gasteiger partial charge in [-0.2, -0.15) is 0 Å². The molecule has 0 atom stereocenters. The minimum absolute atomic E-state index is 0.0561. The SMILES string of the molecule is COCC(C)(C)[O][BiH2]. The molecule has 0 N–H and O–H groups in total. The van der Waals surface area contributed by atoms with Gasteiger partial charge >= 0.3 is 65.9 Å². The van der Waals surface area contributed by atoms with Crippen molar-refractivity contribution < 1.29 is 7.55 Å². The third-order valence-corrected chi connectivity index (χ3v) is 3.29. The van der Waals surface area contributed by atoms with Gasteiger partial charge in [0.05, 0.1) is 0 Å². The predicted octanol–water partition coefficient (Wildman–Crippen LogP) is -0.0239. The molecule has 50 valence electrons. The summed E-state index contributed by atoms with van der Waals surface area (Å²) in [7, 11) is 1.69. The molecule has 0 radical (unpaired) electrons. The van der Waals surface area contributed by atoms with E-state index in [9.17, 15) is 0 Å². The van der Waals surface area contributed by atoms with Crippen molar-refractivity contribution in [3.63, 3.8) is 0 Å². The molecule has 2 nitrogen and oxygen atoms in total. The Hall–Kier alpha value is 0.803. The van der Waals surface area contributed by atoms with Gasteiger partial charge < -0.3 is 0 Å². The van der Waals surface area contributed by atoms with Gasteiger partial charge in [-0.3, -0.25) is 0 Å². The van der Waals surface area contributed by atoms with E-state index in [4.69, 9.17) is 7.55 Å². The summed E-state index contributed by atoms with van der Waals surface area (Å²) in [5.74, 6) is 0. The standard InChI is InChI=1S/C5H11O2.Bi.2H/c1-5(2,6)4-7-3;;;/h4H2,1-3H3;;;/q-1;+1;;. The molecule has 0 amide bonds. The Morgan fingerprint density at radius 1 is 1.50 bits per heavy atom. The number of hydrogen-bond acceptors (Lipinski definition) is 2. The van der Waals surface area contributed by atoms with Crippen LogP contribution in [-0.4, -0.2) is 44.5 Å². The normalized spacial score (nSPS) is 12.0. The van der Waals surface area contributed by atoms with Gasteiger partial charge in [0.2, 0.25) is 0 Å². The molecular weight excluding hydrogens is 301 g/mol. The molecule has 0 unspecified atom stereocenters. The maximum atomic E-state index is 5.22. The minimum atomic E-state index is -0.0561. The summed E-state index contributed by atoms with van der Waals surface area (Å²) in [5, 5.41) is 0. The molecule has 0 heterocycles. The van der Waals surface area contributed by atoms with E-state index < -0.39 is 0 Å². The molecule has 0 saturated carbocycles. The van der Waals surface area contributed by atoms with Crippen LogP contribution in [-0.2, 0) is 7.55 Å². The average Bonchev–Trinajstić information content (AvgIpc) is 1.67. The van der Waals surface area contributed by atoms with Crippen LogP contribution in [0.1, 0.15) is 13.8 Å². The van der Waals surface area contributed by atoms with Crippen LogP contribution in [0.5, 0.6) is 0 Å². The molecule has 0 aromatic heterocycles. The van der Waals surface area contributed by atoms with Crippen molar-refractivity contribution in [1.82, 2.24) is 0 Å². The van der Waals surface area contributed by atoms with Gasteiger partial charge in [-0.05, 0) is 0 Å². The molecule has 0 saturated heterocycles. The van der Waals surface area contributed by atoms with Gasteiger partial charge in [-0.15, -0.1) is 0 Å². The monoisotopic (exact) mass is 314 g/mol. The summed E-state index contributed by atoms with van der Waals surface area (Å²) in [4.78, 5) is 0. The summed E-state index contributed by atoms with van der Waals surface area (Å²) in [6.07, 6.45) is 0. The quantitative estimate of drug-likeness (QED) is 0.682. The van der Waals surface area contributed by atoms with Crippen LogP contribution in [0.4, 0.5) is 0 Å². The maximum absolute atomic E-state index is 5.22. The van der Waals surface area contributed by atoms with Crippen molar-refractivity contribution >= 4 is 25.2 Å². The van der Waals surface area contributed by atoms with Gasteiger partial charge in [0.25, 0.3) is 0 Å². The Morgan fingerprint density at radius 3 is 2.12 bits per heavy atom. The first-order chi connectivity index (χ1) is 3.62. The van der Waals surface area contributed by atoms with Crippen LogP contribution in [0.25, 0.3) is 0 Å². The number of rotatable bonds is 3. The van der Waals surface area contributed by atoms with Crippen molar-refractivity contribution in [2.75, 3.05) is 13.7 Å². The molecule has 0 rings (SSSR count). The van der Waals surface area contributed by atoms with Gasteiger partial charge in [-0.1, -0.05) is 0 Å². The zero-order chi connectivity index (χ0) is 6.62. The Labute approximate surface area is 66.0 Å². The topological polar surface area (TPSA) is 18.5 Å². The fraction of sp³-hybridized carbons (Fsp3) is 1.00. The fourth-order valence-corrected chi connectivity index (χ4v) is 0.646. The van der Waals surface area contributed by atoms with Crippen molar-refractivity contribution in [1.29, 1.82) is 0 Å². The van der Waals surface area contributed by atoms with E-state index in [0.29, 0.717) is 31.8 Å². The van der Waals surface area contributed by atoms with E-state index in [1.807, 2.05) is 13.8 Å². The van der Waals surface area contributed by atoms with E-state index in [-0.39, 0.29) is 5.60 Å². The van der Waals surface area contributed by atoms with Crippen LogP contribution in [0.2, 0.25) is 0 Å². The van der Waals surface area contributed by atoms with Crippen LogP contribution in [0.15, 0.2) is 0 Å². The molecule has 0 aromatic rings. The Kier molecular flexibility index (Phi) is 4.14. The molecule has 0 aliphatic carbocycles. The second-order valence-corrected chi connectivity index (χ2v) is 3.23. The van der Waals surface area contributed by atoms with E-state index in [1.165, 1.54) is 0 Å². The Bertz CT molecular complexity index is 63.4. The van der Waals surface area contributed by atoms with Crippen LogP contribution in [0, 0.1) is 0 Å². The summed E-state index contributed by atoms with van der Waals surface area (Å²) < 4.78 is 10.1. The van der Waals surface area contributed by atoms with E-state index in [2.05, 4.69) is 0 Å². The van der Waals surface area contributed by atoms with Crippen molar-refractivity contribution in [3.05, 3.63) is 0 Å². The zero-order valence-electron chi connectivity index (χ0n) is 5.60. The molecular formula is C5H13BiO2. The molecule has 0 spiro atoms. The zero-order valence-corrected chi connectivity index (χ0v) is 10.1. The predicted molar refractivity (Wildman–Crippen MR) is 35.6 cm³/mol. The summed E-state index contributed by atoms with van der Waals surface area (Å²) in [6.45, 7) is 4.73. The first kappa shape index (κ1) is 8.80. The van der Waals surface area contributed by atoms with Crippen LogP contribution in [0.3, 0.4) is 0 Å². The van der Waals surface area contributed by atoms with E-state index in [0.717, 1.165) is 0 Å². The first-order valence-electron chi connectivity index (χ1n) is 2.49. The molecule has 0 fully saturated rings. The summed E-state index contributed by atoms with van der Waals surface area (Å²) in [6, 6.07) is 0. The molecule has 0 aliphatic rings. The Morgan fingerprint density at radius 2 is 2.00 bits per heavy atom. The average molecular weight is 314 g/mol. The Balaban J connectivity index is 3.37. The summed E-state index contributed by atoms with van der Waals surface area (Å²) >= 11 is 0.602. The van der Waals surface area contributed by atoms with Gasteiger partial charge in [-0.25, -0.2) is 0 Å². The second kappa shape index (κ2) is 3.76. The van der Waals surface area contributed by atoms with Crippen LogP contribution < -0.4 is 0 Å². The van der Waals surface area contributed by atoms with Crippen molar-refractivity contribution in [3.8, 4) is 0 Å².